The molecule has 22 heavy (non-hydrogen) atoms. The molecule has 3 nitrogen and oxygen atoms in total. The molecule has 0 aliphatic rings. The van der Waals surface area contributed by atoms with Gasteiger partial charge in [0, 0.05) is 10.7 Å². The first-order valence-corrected chi connectivity index (χ1v) is 7.79. The Kier molecular flexibility index (Phi) is 5.95. The van der Waals surface area contributed by atoms with Gasteiger partial charge in [0.2, 0.25) is 0 Å². The summed E-state index contributed by atoms with van der Waals surface area (Å²) >= 11 is 17.8. The molecule has 0 saturated carbocycles. The maximum absolute atomic E-state index is 12.0. The van der Waals surface area contributed by atoms with Crippen molar-refractivity contribution < 1.29 is 9.53 Å². The maximum atomic E-state index is 12.0. The van der Waals surface area contributed by atoms with Crippen molar-refractivity contribution in [2.75, 3.05) is 11.9 Å². The molecule has 0 radical (unpaired) electrons. The summed E-state index contributed by atoms with van der Waals surface area (Å²) < 4.78 is 5.40. The minimum absolute atomic E-state index is 0.195. The number of hydrogen-bond acceptors (Lipinski definition) is 2. The van der Waals surface area contributed by atoms with Crippen molar-refractivity contribution in [3.8, 4) is 5.75 Å². The number of benzene rings is 2. The topological polar surface area (TPSA) is 38.3 Å². The van der Waals surface area contributed by atoms with E-state index in [2.05, 4.69) is 5.32 Å². The van der Waals surface area contributed by atoms with Gasteiger partial charge >= 0.3 is 0 Å². The number of halogens is 3. The summed E-state index contributed by atoms with van der Waals surface area (Å²) in [5.41, 5.74) is 1.82. The predicted molar refractivity (Wildman–Crippen MR) is 91.4 cm³/mol. The van der Waals surface area contributed by atoms with Crippen molar-refractivity contribution in [2.45, 2.75) is 13.3 Å². The SMILES string of the molecule is CCc1ccccc1NC(=O)COc1c(Cl)cc(Cl)cc1Cl. The van der Waals surface area contributed by atoms with Crippen LogP contribution in [-0.2, 0) is 11.2 Å². The number of carbonyl (C=O) groups excluding carboxylic acids is 1. The first kappa shape index (κ1) is 16.9. The Morgan fingerprint density at radius 2 is 1.77 bits per heavy atom. The molecule has 0 aliphatic heterocycles. The minimum atomic E-state index is -0.289. The second kappa shape index (κ2) is 7.73. The lowest BCUT2D eigenvalue weighted by atomic mass is 10.1. The van der Waals surface area contributed by atoms with Crippen LogP contribution in [0, 0.1) is 0 Å². The lowest BCUT2D eigenvalue weighted by molar-refractivity contribution is -0.118. The van der Waals surface area contributed by atoms with Crippen LogP contribution >= 0.6 is 34.8 Å². The van der Waals surface area contributed by atoms with Crippen LogP contribution in [0.2, 0.25) is 15.1 Å². The summed E-state index contributed by atoms with van der Waals surface area (Å²) in [6.07, 6.45) is 0.826. The fourth-order valence-electron chi connectivity index (χ4n) is 1.94. The monoisotopic (exact) mass is 357 g/mol. The highest BCUT2D eigenvalue weighted by atomic mass is 35.5. The Bertz CT molecular complexity index is 666. The third kappa shape index (κ3) is 4.29. The summed E-state index contributed by atoms with van der Waals surface area (Å²) in [6.45, 7) is 1.83. The molecule has 0 bridgehead atoms. The minimum Gasteiger partial charge on any atom is -0.481 e. The molecule has 0 saturated heterocycles. The number of aryl methyl sites for hydroxylation is 1. The van der Waals surface area contributed by atoms with Gasteiger partial charge in [-0.1, -0.05) is 59.9 Å². The lowest BCUT2D eigenvalue weighted by Gasteiger charge is -2.12. The van der Waals surface area contributed by atoms with Crippen molar-refractivity contribution in [3.63, 3.8) is 0 Å². The molecule has 6 heteroatoms. The Morgan fingerprint density at radius 1 is 1.14 bits per heavy atom. The summed E-state index contributed by atoms with van der Waals surface area (Å²) in [7, 11) is 0. The largest absolute Gasteiger partial charge is 0.481 e. The van der Waals surface area contributed by atoms with E-state index < -0.39 is 0 Å². The van der Waals surface area contributed by atoms with E-state index in [0.717, 1.165) is 17.7 Å². The number of hydrogen-bond donors (Lipinski definition) is 1. The Balaban J connectivity index is 2.02. The summed E-state index contributed by atoms with van der Waals surface area (Å²) in [4.78, 5) is 12.0. The number of ether oxygens (including phenoxy) is 1. The highest BCUT2D eigenvalue weighted by Crippen LogP contribution is 2.35. The predicted octanol–water partition coefficient (Wildman–Crippen LogP) is 5.23. The average Bonchev–Trinajstić information content (AvgIpc) is 2.46. The smallest absolute Gasteiger partial charge is 0.262 e. The van der Waals surface area contributed by atoms with Crippen molar-refractivity contribution in [1.82, 2.24) is 0 Å². The second-order valence-electron chi connectivity index (χ2n) is 4.55. The number of nitrogens with one attached hydrogen (secondary N) is 1. The molecule has 2 rings (SSSR count). The van der Waals surface area contributed by atoms with E-state index in [1.165, 1.54) is 12.1 Å². The quantitative estimate of drug-likeness (QED) is 0.795. The van der Waals surface area contributed by atoms with Gasteiger partial charge in [0.05, 0.1) is 10.0 Å². The van der Waals surface area contributed by atoms with Crippen molar-refractivity contribution in [1.29, 1.82) is 0 Å². The van der Waals surface area contributed by atoms with E-state index in [0.29, 0.717) is 5.02 Å². The first-order valence-electron chi connectivity index (χ1n) is 6.66. The zero-order valence-electron chi connectivity index (χ0n) is 11.8. The molecule has 2 aromatic carbocycles. The average molecular weight is 359 g/mol. The molecule has 2 aromatic rings. The molecular formula is C16H14Cl3NO2. The van der Waals surface area contributed by atoms with E-state index in [1.54, 1.807) is 0 Å². The van der Waals surface area contributed by atoms with E-state index >= 15 is 0 Å². The zero-order chi connectivity index (χ0) is 16.1. The van der Waals surface area contributed by atoms with Gasteiger partial charge in [-0.3, -0.25) is 4.79 Å². The van der Waals surface area contributed by atoms with Crippen LogP contribution in [0.25, 0.3) is 0 Å². The molecule has 116 valence electrons. The molecular weight excluding hydrogens is 345 g/mol. The molecule has 1 N–H and O–H groups in total. The van der Waals surface area contributed by atoms with Crippen LogP contribution in [0.1, 0.15) is 12.5 Å². The highest BCUT2D eigenvalue weighted by molar-refractivity contribution is 6.40. The van der Waals surface area contributed by atoms with Crippen molar-refractivity contribution >= 4 is 46.4 Å². The van der Waals surface area contributed by atoms with Gasteiger partial charge in [-0.15, -0.1) is 0 Å². The number of carbonyl (C=O) groups is 1. The van der Waals surface area contributed by atoms with Crippen LogP contribution in [0.5, 0.6) is 5.75 Å². The summed E-state index contributed by atoms with van der Waals surface area (Å²) in [6, 6.07) is 10.6. The molecule has 0 heterocycles. The third-order valence-corrected chi connectivity index (χ3v) is 3.76. The van der Waals surface area contributed by atoms with Gasteiger partial charge in [0.1, 0.15) is 0 Å². The Labute approximate surface area is 144 Å². The molecule has 0 fully saturated rings. The molecule has 0 spiro atoms. The lowest BCUT2D eigenvalue weighted by Crippen LogP contribution is -2.21. The third-order valence-electron chi connectivity index (χ3n) is 2.98. The molecule has 0 unspecified atom stereocenters. The van der Waals surface area contributed by atoms with Gasteiger partial charge in [-0.05, 0) is 30.2 Å². The number of para-hydroxylation sites is 1. The van der Waals surface area contributed by atoms with Gasteiger partial charge in [0.15, 0.2) is 12.4 Å². The number of anilines is 1. The van der Waals surface area contributed by atoms with Crippen LogP contribution in [0.15, 0.2) is 36.4 Å². The van der Waals surface area contributed by atoms with Crippen LogP contribution in [0.3, 0.4) is 0 Å². The molecule has 0 aliphatic carbocycles. The number of rotatable bonds is 5. The van der Waals surface area contributed by atoms with Gasteiger partial charge in [-0.25, -0.2) is 0 Å². The van der Waals surface area contributed by atoms with Crippen LogP contribution in [0.4, 0.5) is 5.69 Å². The highest BCUT2D eigenvalue weighted by Gasteiger charge is 2.12. The normalized spacial score (nSPS) is 10.4. The van der Waals surface area contributed by atoms with E-state index in [-0.39, 0.29) is 28.3 Å². The van der Waals surface area contributed by atoms with Crippen LogP contribution in [-0.4, -0.2) is 12.5 Å². The Morgan fingerprint density at radius 3 is 2.41 bits per heavy atom. The van der Waals surface area contributed by atoms with E-state index in [4.69, 9.17) is 39.5 Å². The standard InChI is InChI=1S/C16H14Cl3NO2/c1-2-10-5-3-4-6-14(10)20-15(21)9-22-16-12(18)7-11(17)8-13(16)19/h3-8H,2,9H2,1H3,(H,20,21). The fraction of sp³-hybridized carbons (Fsp3) is 0.188. The number of amides is 1. The molecule has 0 atom stereocenters. The van der Waals surface area contributed by atoms with E-state index in [9.17, 15) is 4.79 Å². The molecule has 1 amide bonds. The van der Waals surface area contributed by atoms with Gasteiger partial charge in [0.25, 0.3) is 5.91 Å². The fourth-order valence-corrected chi connectivity index (χ4v) is 2.87. The zero-order valence-corrected chi connectivity index (χ0v) is 14.1. The van der Waals surface area contributed by atoms with E-state index in [1.807, 2.05) is 31.2 Å². The van der Waals surface area contributed by atoms with Crippen molar-refractivity contribution in [2.24, 2.45) is 0 Å². The summed E-state index contributed by atoms with van der Waals surface area (Å²) in [5.74, 6) is -0.0466. The Hall–Kier alpha value is -1.42. The molecule has 0 aromatic heterocycles. The van der Waals surface area contributed by atoms with Gasteiger partial charge in [-0.2, -0.15) is 0 Å². The van der Waals surface area contributed by atoms with Crippen LogP contribution < -0.4 is 10.1 Å². The summed E-state index contributed by atoms with van der Waals surface area (Å²) in [5, 5.41) is 3.74. The second-order valence-corrected chi connectivity index (χ2v) is 5.80. The van der Waals surface area contributed by atoms with Gasteiger partial charge < -0.3 is 10.1 Å². The first-order chi connectivity index (χ1) is 10.5. The maximum Gasteiger partial charge on any atom is 0.262 e. The van der Waals surface area contributed by atoms with Crippen molar-refractivity contribution in [3.05, 3.63) is 57.0 Å².